The molecule has 2 saturated heterocycles. The van der Waals surface area contributed by atoms with E-state index >= 15 is 4.39 Å². The lowest BCUT2D eigenvalue weighted by Crippen LogP contribution is -2.46. The summed E-state index contributed by atoms with van der Waals surface area (Å²) in [5.74, 6) is -1.34. The molecule has 0 spiro atoms. The van der Waals surface area contributed by atoms with Crippen LogP contribution in [0, 0.1) is 0 Å². The fourth-order valence-electron chi connectivity index (χ4n) is 4.18. The summed E-state index contributed by atoms with van der Waals surface area (Å²) in [4.78, 5) is 51.0. The minimum absolute atomic E-state index is 0.0178. The van der Waals surface area contributed by atoms with Gasteiger partial charge in [0.1, 0.15) is 17.9 Å². The smallest absolute Gasteiger partial charge is 0.459 e. The molecule has 0 unspecified atom stereocenters. The number of hydrogen-bond donors (Lipinski definition) is 2. The molecule has 39 heavy (non-hydrogen) atoms. The molecule has 13 nitrogen and oxygen atoms in total. The van der Waals surface area contributed by atoms with E-state index in [1.54, 1.807) is 18.2 Å². The van der Waals surface area contributed by atoms with Crippen molar-refractivity contribution in [3.63, 3.8) is 0 Å². The molecule has 0 bridgehead atoms. The Labute approximate surface area is 222 Å². The van der Waals surface area contributed by atoms with Crippen LogP contribution in [0.25, 0.3) is 0 Å². The Morgan fingerprint density at radius 3 is 2.59 bits per heavy atom. The molecule has 0 radical (unpaired) electrons. The lowest BCUT2D eigenvalue weighted by atomic mass is 9.98. The van der Waals surface area contributed by atoms with Crippen molar-refractivity contribution >= 4 is 19.7 Å². The van der Waals surface area contributed by atoms with Gasteiger partial charge in [0, 0.05) is 18.7 Å². The number of halogens is 1. The predicted molar refractivity (Wildman–Crippen MR) is 133 cm³/mol. The van der Waals surface area contributed by atoms with E-state index in [-0.39, 0.29) is 25.2 Å². The number of benzene rings is 1. The fourth-order valence-corrected chi connectivity index (χ4v) is 5.68. The number of aromatic amines is 1. The highest BCUT2D eigenvalue weighted by Gasteiger charge is 2.58. The van der Waals surface area contributed by atoms with Gasteiger partial charge in [0.25, 0.3) is 5.56 Å². The molecule has 3 heterocycles. The predicted octanol–water partition coefficient (Wildman–Crippen LogP) is 1.98. The number of H-pyrrole nitrogens is 1. The number of fused-ring (bicyclic) bond motifs is 1. The summed E-state index contributed by atoms with van der Waals surface area (Å²) in [7, 11) is -4.34. The van der Waals surface area contributed by atoms with Crippen LogP contribution in [-0.4, -0.2) is 58.6 Å². The summed E-state index contributed by atoms with van der Waals surface area (Å²) >= 11 is 0. The Morgan fingerprint density at radius 1 is 1.13 bits per heavy atom. The zero-order valence-electron chi connectivity index (χ0n) is 21.2. The third-order valence-corrected chi connectivity index (χ3v) is 7.79. The van der Waals surface area contributed by atoms with Gasteiger partial charge in [-0.1, -0.05) is 18.2 Å². The number of para-hydroxylation sites is 1. The monoisotopic (exact) mass is 569 g/mol. The van der Waals surface area contributed by atoms with Crippen molar-refractivity contribution in [2.45, 2.75) is 63.3 Å². The highest BCUT2D eigenvalue weighted by Crippen LogP contribution is 2.48. The minimum Gasteiger partial charge on any atom is -0.465 e. The van der Waals surface area contributed by atoms with Gasteiger partial charge in [-0.2, -0.15) is 5.09 Å². The number of hydrogen-bond acceptors (Lipinski definition) is 10. The van der Waals surface area contributed by atoms with E-state index in [4.69, 9.17) is 23.3 Å². The van der Waals surface area contributed by atoms with Crippen LogP contribution in [0.15, 0.2) is 52.2 Å². The highest BCUT2D eigenvalue weighted by molar-refractivity contribution is 7.52. The SMILES string of the molecule is C[C@@H]1N[P@@](=O)(Oc2ccccc2)OC[C@H]2O[C@@H](n3ccc(=O)[nH]c3=O)[C@](C)(F)[C@@H]2OC(=O)CCCCOC1=O. The fraction of sp³-hybridized carbons (Fsp3) is 0.500. The van der Waals surface area contributed by atoms with Crippen LogP contribution < -0.4 is 20.9 Å². The van der Waals surface area contributed by atoms with Gasteiger partial charge in [0.2, 0.25) is 0 Å². The maximum Gasteiger partial charge on any atom is 0.459 e. The van der Waals surface area contributed by atoms with E-state index in [2.05, 4.69) is 5.09 Å². The summed E-state index contributed by atoms with van der Waals surface area (Å²) in [6.07, 6.45) is -3.06. The first kappa shape index (κ1) is 28.7. The zero-order chi connectivity index (χ0) is 28.2. The van der Waals surface area contributed by atoms with Gasteiger partial charge in [-0.05, 0) is 38.8 Å². The zero-order valence-corrected chi connectivity index (χ0v) is 22.1. The molecule has 6 atom stereocenters. The number of alkyl halides is 1. The first-order valence-corrected chi connectivity index (χ1v) is 13.8. The largest absolute Gasteiger partial charge is 0.465 e. The van der Waals surface area contributed by atoms with Crippen LogP contribution in [0.5, 0.6) is 5.75 Å². The third-order valence-electron chi connectivity index (χ3n) is 6.15. The Balaban J connectivity index is 1.67. The second-order valence-electron chi connectivity index (χ2n) is 9.28. The summed E-state index contributed by atoms with van der Waals surface area (Å²) in [5, 5.41) is 2.51. The van der Waals surface area contributed by atoms with E-state index in [1.807, 2.05) is 4.98 Å². The minimum atomic E-state index is -4.34. The van der Waals surface area contributed by atoms with E-state index in [0.29, 0.717) is 6.42 Å². The molecule has 0 amide bonds. The Hall–Kier alpha value is -3.32. The summed E-state index contributed by atoms with van der Waals surface area (Å²) in [6, 6.07) is 7.87. The molecular formula is C24H29FN3O10P. The molecule has 2 N–H and O–H groups in total. The highest BCUT2D eigenvalue weighted by atomic mass is 31.2. The van der Waals surface area contributed by atoms with Gasteiger partial charge < -0.3 is 18.7 Å². The van der Waals surface area contributed by atoms with Gasteiger partial charge in [-0.3, -0.25) is 28.5 Å². The molecule has 2 aliphatic heterocycles. The molecular weight excluding hydrogens is 540 g/mol. The van der Waals surface area contributed by atoms with Crippen LogP contribution in [0.4, 0.5) is 4.39 Å². The molecule has 0 aliphatic carbocycles. The number of ether oxygens (including phenoxy) is 3. The molecule has 15 heteroatoms. The maximum absolute atomic E-state index is 16.3. The number of esters is 2. The van der Waals surface area contributed by atoms with Crippen LogP contribution in [0.2, 0.25) is 0 Å². The average molecular weight is 569 g/mol. The normalized spacial score (nSPS) is 32.7. The van der Waals surface area contributed by atoms with Gasteiger partial charge in [0.05, 0.1) is 13.2 Å². The van der Waals surface area contributed by atoms with Gasteiger partial charge >= 0.3 is 25.4 Å². The van der Waals surface area contributed by atoms with Crippen molar-refractivity contribution in [3.8, 4) is 5.75 Å². The van der Waals surface area contributed by atoms with Crippen molar-refractivity contribution in [3.05, 3.63) is 63.4 Å². The summed E-state index contributed by atoms with van der Waals surface area (Å²) in [5.41, 5.74) is -4.13. The number of aromatic nitrogens is 2. The average Bonchev–Trinajstić information content (AvgIpc) is 3.11. The van der Waals surface area contributed by atoms with Crippen molar-refractivity contribution < 1.29 is 41.8 Å². The molecule has 2 aliphatic rings. The first-order valence-electron chi connectivity index (χ1n) is 12.3. The standard InChI is InChI=1S/C24H29FN3O10P/c1-15-21(31)34-13-7-6-10-19(30)37-20-17(14-35-39(33,27-15)38-16-8-4-3-5-9-16)36-22(24(20,2)25)28-12-11-18(29)26-23(28)32/h3-5,8-9,11-12,15,17,20,22H,6-7,10,13-14H2,1-2H3,(H,27,33)(H,26,29,32)/t15-,17+,20+,22+,24+,39-/m0/s1. The Morgan fingerprint density at radius 2 is 1.87 bits per heavy atom. The number of carbonyl (C=O) groups is 2. The van der Waals surface area contributed by atoms with E-state index in [1.165, 1.54) is 19.1 Å². The van der Waals surface area contributed by atoms with Gasteiger partial charge in [-0.25, -0.2) is 13.8 Å². The lowest BCUT2D eigenvalue weighted by Gasteiger charge is -2.28. The number of nitrogens with one attached hydrogen (secondary N) is 2. The topological polar surface area (TPSA) is 164 Å². The van der Waals surface area contributed by atoms with Crippen molar-refractivity contribution in [1.82, 2.24) is 14.6 Å². The number of cyclic esters (lactones) is 1. The number of nitrogens with zero attached hydrogens (tertiary/aromatic N) is 1. The van der Waals surface area contributed by atoms with Gasteiger partial charge in [-0.15, -0.1) is 0 Å². The van der Waals surface area contributed by atoms with Crippen LogP contribution in [0.1, 0.15) is 39.3 Å². The van der Waals surface area contributed by atoms with Crippen LogP contribution >= 0.6 is 7.75 Å². The molecule has 1 aromatic carbocycles. The molecule has 4 rings (SSSR count). The number of rotatable bonds is 3. The summed E-state index contributed by atoms with van der Waals surface area (Å²) in [6.45, 7) is 1.83. The lowest BCUT2D eigenvalue weighted by molar-refractivity contribution is -0.158. The Bertz CT molecular complexity index is 1350. The van der Waals surface area contributed by atoms with Gasteiger partial charge in [0.15, 0.2) is 18.0 Å². The van der Waals surface area contributed by atoms with E-state index in [0.717, 1.165) is 23.8 Å². The maximum atomic E-state index is 16.3. The first-order chi connectivity index (χ1) is 18.5. The van der Waals surface area contributed by atoms with Crippen molar-refractivity contribution in [2.75, 3.05) is 13.2 Å². The molecule has 2 aromatic rings. The number of carbonyl (C=O) groups excluding carboxylic acids is 2. The van der Waals surface area contributed by atoms with E-state index in [9.17, 15) is 23.7 Å². The van der Waals surface area contributed by atoms with Crippen molar-refractivity contribution in [1.29, 1.82) is 0 Å². The van der Waals surface area contributed by atoms with Crippen molar-refractivity contribution in [2.24, 2.45) is 0 Å². The quantitative estimate of drug-likeness (QED) is 0.410. The van der Waals surface area contributed by atoms with E-state index < -0.39 is 67.7 Å². The Kier molecular flexibility index (Phi) is 8.70. The second-order valence-corrected chi connectivity index (χ2v) is 11.0. The second kappa shape index (κ2) is 11.8. The molecule has 0 saturated carbocycles. The van der Waals surface area contributed by atoms with Crippen LogP contribution in [-0.2, 0) is 32.9 Å². The summed E-state index contributed by atoms with van der Waals surface area (Å²) < 4.78 is 58.4. The molecule has 2 fully saturated rings. The third kappa shape index (κ3) is 6.82. The molecule has 212 valence electrons. The molecule has 1 aromatic heterocycles. The van der Waals surface area contributed by atoms with Crippen LogP contribution in [0.3, 0.4) is 0 Å².